The number of hydrogen-bond donors (Lipinski definition) is 0. The molecule has 6 nitrogen and oxygen atoms in total. The Morgan fingerprint density at radius 2 is 0.765 bits per heavy atom. The normalized spacial score (nSPS) is 12.9. The van der Waals surface area contributed by atoms with Gasteiger partial charge in [0, 0.05) is 57.1 Å². The molecule has 0 aliphatic carbocycles. The van der Waals surface area contributed by atoms with Gasteiger partial charge in [0.1, 0.15) is 11.3 Å². The molecule has 0 saturated carbocycles. The second-order valence-corrected chi connectivity index (χ2v) is 8.99. The zero-order valence-corrected chi connectivity index (χ0v) is 17.5. The summed E-state index contributed by atoms with van der Waals surface area (Å²) in [5.41, 5.74) is 1.23. The Morgan fingerprint density at radius 1 is 0.441 bits per heavy atom. The van der Waals surface area contributed by atoms with E-state index >= 15 is 0 Å². The standard InChI is InChI=1S/C28H12N4O2/c33-27-19-7-3-15-16-4-8-20-24-18(26-30-10-12-32(26)28(20)34)6-2-14(22(16)24)13-1-5-17(23(19)21(13)15)25-29-9-11-31(25)27/h1-12H. The highest BCUT2D eigenvalue weighted by molar-refractivity contribution is 6.40. The van der Waals surface area contributed by atoms with E-state index in [1.165, 1.54) is 0 Å². The van der Waals surface area contributed by atoms with Crippen LogP contribution in [0, 0.1) is 0 Å². The van der Waals surface area contributed by atoms with Gasteiger partial charge >= 0.3 is 0 Å². The summed E-state index contributed by atoms with van der Waals surface area (Å²) in [4.78, 5) is 35.5. The Bertz CT molecular complexity index is 2240. The molecule has 0 atom stereocenters. The molecule has 0 N–H and O–H groups in total. The van der Waals surface area contributed by atoms with Crippen molar-refractivity contribution in [3.05, 3.63) is 94.0 Å². The molecule has 5 aromatic carbocycles. The van der Waals surface area contributed by atoms with E-state index in [1.54, 1.807) is 33.6 Å². The van der Waals surface area contributed by atoms with Crippen LogP contribution in [0.1, 0.15) is 0 Å². The molecule has 156 valence electrons. The largest absolute Gasteiger partial charge is 0.268 e. The van der Waals surface area contributed by atoms with Crippen molar-refractivity contribution in [3.63, 3.8) is 0 Å². The van der Waals surface area contributed by atoms with Crippen LogP contribution in [0.4, 0.5) is 0 Å². The van der Waals surface area contributed by atoms with Crippen LogP contribution in [-0.4, -0.2) is 18.8 Å². The molecular weight excluding hydrogens is 424 g/mol. The lowest BCUT2D eigenvalue weighted by molar-refractivity contribution is 1.15. The molecule has 4 aromatic heterocycles. The first-order valence-electron chi connectivity index (χ1n) is 11.1. The number of aromatic nitrogens is 4. The summed E-state index contributed by atoms with van der Waals surface area (Å²) >= 11 is 0. The van der Waals surface area contributed by atoms with Crippen LogP contribution in [0.15, 0.2) is 82.9 Å². The number of imidazole rings is 2. The fourth-order valence-corrected chi connectivity index (χ4v) is 6.21. The van der Waals surface area contributed by atoms with Crippen LogP contribution >= 0.6 is 0 Å². The minimum Gasteiger partial charge on any atom is -0.268 e. The van der Waals surface area contributed by atoms with Gasteiger partial charge in [-0.1, -0.05) is 24.3 Å². The molecule has 34 heavy (non-hydrogen) atoms. The number of benzene rings is 5. The van der Waals surface area contributed by atoms with Crippen molar-refractivity contribution in [2.24, 2.45) is 0 Å². The Morgan fingerprint density at radius 3 is 1.18 bits per heavy atom. The highest BCUT2D eigenvalue weighted by Gasteiger charge is 2.21. The molecule has 0 aliphatic rings. The number of nitrogens with zero attached hydrogens (tertiary/aromatic N) is 4. The van der Waals surface area contributed by atoms with Crippen molar-refractivity contribution in [2.45, 2.75) is 0 Å². The highest BCUT2D eigenvalue weighted by Crippen LogP contribution is 2.45. The predicted molar refractivity (Wildman–Crippen MR) is 135 cm³/mol. The monoisotopic (exact) mass is 436 g/mol. The number of hydrogen-bond acceptors (Lipinski definition) is 4. The lowest BCUT2D eigenvalue weighted by Crippen LogP contribution is -2.13. The third-order valence-corrected chi connectivity index (χ3v) is 7.56. The summed E-state index contributed by atoms with van der Waals surface area (Å²) in [6.45, 7) is 0. The summed E-state index contributed by atoms with van der Waals surface area (Å²) in [7, 11) is 0. The van der Waals surface area contributed by atoms with Crippen LogP contribution in [0.25, 0.3) is 75.9 Å². The van der Waals surface area contributed by atoms with Gasteiger partial charge < -0.3 is 0 Å². The van der Waals surface area contributed by atoms with E-state index in [0.717, 1.165) is 53.9 Å². The molecule has 0 aliphatic heterocycles. The second-order valence-electron chi connectivity index (χ2n) is 8.99. The van der Waals surface area contributed by atoms with Crippen LogP contribution in [-0.2, 0) is 0 Å². The maximum absolute atomic E-state index is 13.3. The molecule has 0 amide bonds. The van der Waals surface area contributed by atoms with Gasteiger partial charge in [-0.3, -0.25) is 18.4 Å². The quantitative estimate of drug-likeness (QED) is 0.250. The van der Waals surface area contributed by atoms with E-state index in [4.69, 9.17) is 0 Å². The van der Waals surface area contributed by atoms with E-state index in [1.807, 2.05) is 24.3 Å². The fraction of sp³-hybridized carbons (Fsp3) is 0. The molecule has 0 saturated heterocycles. The molecule has 0 unspecified atom stereocenters. The first-order valence-corrected chi connectivity index (χ1v) is 11.1. The maximum Gasteiger partial charge on any atom is 0.264 e. The van der Waals surface area contributed by atoms with Crippen LogP contribution < -0.4 is 11.1 Å². The maximum atomic E-state index is 13.3. The topological polar surface area (TPSA) is 68.7 Å². The van der Waals surface area contributed by atoms with E-state index in [-0.39, 0.29) is 11.1 Å². The summed E-state index contributed by atoms with van der Waals surface area (Å²) in [5.74, 6) is 0. The van der Waals surface area contributed by atoms with Crippen LogP contribution in [0.3, 0.4) is 0 Å². The average Bonchev–Trinajstić information content (AvgIpc) is 3.56. The van der Waals surface area contributed by atoms with Gasteiger partial charge in [-0.2, -0.15) is 0 Å². The third-order valence-electron chi connectivity index (χ3n) is 7.56. The molecule has 0 fully saturated rings. The van der Waals surface area contributed by atoms with E-state index in [2.05, 4.69) is 34.2 Å². The number of rotatable bonds is 0. The molecule has 4 heterocycles. The summed E-state index contributed by atoms with van der Waals surface area (Å²) in [6.07, 6.45) is 6.78. The van der Waals surface area contributed by atoms with Crippen molar-refractivity contribution in [1.82, 2.24) is 18.8 Å². The van der Waals surface area contributed by atoms with Crippen molar-refractivity contribution in [1.29, 1.82) is 0 Å². The Kier molecular flexibility index (Phi) is 2.56. The molecular formula is C28H12N4O2. The summed E-state index contributed by atoms with van der Waals surface area (Å²) in [5, 5.41) is 11.6. The van der Waals surface area contributed by atoms with Crippen LogP contribution in [0.2, 0.25) is 0 Å². The SMILES string of the molecule is O=c1c2ccc3c4ccc5c(=O)n6ccnc6c6ccc(c7ccc(c2c37)c2nccn12)c4c56. The number of pyridine rings is 2. The first-order chi connectivity index (χ1) is 16.7. The minimum atomic E-state index is -0.0582. The lowest BCUT2D eigenvalue weighted by atomic mass is 9.86. The number of fused-ring (bicyclic) bond motifs is 6. The Hall–Kier alpha value is -4.84. The molecule has 0 bridgehead atoms. The second kappa shape index (κ2) is 5.21. The Balaban J connectivity index is 1.66. The van der Waals surface area contributed by atoms with Gasteiger partial charge in [0.05, 0.1) is 0 Å². The van der Waals surface area contributed by atoms with Gasteiger partial charge in [0.25, 0.3) is 11.1 Å². The first kappa shape index (κ1) is 16.7. The van der Waals surface area contributed by atoms with E-state index in [0.29, 0.717) is 22.1 Å². The average molecular weight is 436 g/mol. The van der Waals surface area contributed by atoms with Crippen LogP contribution in [0.5, 0.6) is 0 Å². The van der Waals surface area contributed by atoms with Crippen molar-refractivity contribution >= 4 is 75.9 Å². The molecule has 9 rings (SSSR count). The smallest absolute Gasteiger partial charge is 0.264 e. The van der Waals surface area contributed by atoms with Gasteiger partial charge in [-0.05, 0) is 56.6 Å². The molecule has 6 heteroatoms. The van der Waals surface area contributed by atoms with Gasteiger partial charge in [-0.15, -0.1) is 0 Å². The zero-order chi connectivity index (χ0) is 22.3. The van der Waals surface area contributed by atoms with Crippen molar-refractivity contribution in [2.75, 3.05) is 0 Å². The Labute approximate surface area is 188 Å². The highest BCUT2D eigenvalue weighted by atomic mass is 16.1. The van der Waals surface area contributed by atoms with Crippen molar-refractivity contribution in [3.8, 4) is 0 Å². The fourth-order valence-electron chi connectivity index (χ4n) is 6.21. The predicted octanol–water partition coefficient (Wildman–Crippen LogP) is 4.94. The molecule has 9 aromatic rings. The van der Waals surface area contributed by atoms with E-state index in [9.17, 15) is 9.59 Å². The molecule has 0 radical (unpaired) electrons. The summed E-state index contributed by atoms with van der Waals surface area (Å²) in [6, 6.07) is 16.3. The summed E-state index contributed by atoms with van der Waals surface area (Å²) < 4.78 is 3.24. The minimum absolute atomic E-state index is 0.0582. The van der Waals surface area contributed by atoms with Gasteiger partial charge in [-0.25, -0.2) is 9.97 Å². The lowest BCUT2D eigenvalue weighted by Gasteiger charge is -2.18. The van der Waals surface area contributed by atoms with Gasteiger partial charge in [0.15, 0.2) is 0 Å². The van der Waals surface area contributed by atoms with Crippen molar-refractivity contribution < 1.29 is 0 Å². The zero-order valence-electron chi connectivity index (χ0n) is 17.5. The van der Waals surface area contributed by atoms with E-state index < -0.39 is 0 Å². The van der Waals surface area contributed by atoms with Gasteiger partial charge in [0.2, 0.25) is 0 Å². The molecule has 0 spiro atoms. The third kappa shape index (κ3) is 1.62.